The molecule has 2 heterocycles. The molecule has 12 heavy (non-hydrogen) atoms. The van der Waals surface area contributed by atoms with E-state index in [0.717, 1.165) is 32.5 Å². The normalized spacial score (nSPS) is 37.2. The van der Waals surface area contributed by atoms with Crippen molar-refractivity contribution in [2.75, 3.05) is 19.6 Å². The first-order valence-electron chi connectivity index (χ1n) is 4.42. The Morgan fingerprint density at radius 1 is 1.50 bits per heavy atom. The van der Waals surface area contributed by atoms with Crippen LogP contribution in [0.5, 0.6) is 0 Å². The standard InChI is InChI=1S/C8H15N2OP/c1-8-3-2-7(11)10(8)5-4-9(12)6-8/h2-6,12H2,1H3. The fourth-order valence-electron chi connectivity index (χ4n) is 2.25. The Morgan fingerprint density at radius 2 is 2.25 bits per heavy atom. The molecule has 2 unspecified atom stereocenters. The van der Waals surface area contributed by atoms with Gasteiger partial charge in [-0.05, 0) is 13.3 Å². The van der Waals surface area contributed by atoms with Gasteiger partial charge in [0.05, 0.1) is 5.54 Å². The summed E-state index contributed by atoms with van der Waals surface area (Å²) in [5.41, 5.74) is 0.122. The van der Waals surface area contributed by atoms with Gasteiger partial charge in [-0.15, -0.1) is 0 Å². The predicted octanol–water partition coefficient (Wildman–Crippen LogP) is 0.473. The van der Waals surface area contributed by atoms with E-state index in [1.807, 2.05) is 4.90 Å². The monoisotopic (exact) mass is 186 g/mol. The highest BCUT2D eigenvalue weighted by Crippen LogP contribution is 2.33. The summed E-state index contributed by atoms with van der Waals surface area (Å²) in [6, 6.07) is 0. The lowest BCUT2D eigenvalue weighted by molar-refractivity contribution is -0.132. The molecule has 2 fully saturated rings. The maximum absolute atomic E-state index is 11.4. The molecule has 0 spiro atoms. The van der Waals surface area contributed by atoms with Crippen molar-refractivity contribution in [2.24, 2.45) is 0 Å². The van der Waals surface area contributed by atoms with Gasteiger partial charge in [0.25, 0.3) is 0 Å². The van der Waals surface area contributed by atoms with Crippen LogP contribution in [0.1, 0.15) is 19.8 Å². The summed E-state index contributed by atoms with van der Waals surface area (Å²) in [7, 11) is 2.73. The second kappa shape index (κ2) is 2.68. The van der Waals surface area contributed by atoms with E-state index in [4.69, 9.17) is 0 Å². The number of hydrogen-bond donors (Lipinski definition) is 0. The summed E-state index contributed by atoms with van der Waals surface area (Å²) in [5, 5.41) is 0. The van der Waals surface area contributed by atoms with Gasteiger partial charge in [-0.2, -0.15) is 0 Å². The minimum atomic E-state index is 0.122. The van der Waals surface area contributed by atoms with E-state index in [2.05, 4.69) is 21.0 Å². The SMILES string of the molecule is CC12CCC(=O)N1CCN(P)C2. The second-order valence-corrected chi connectivity index (χ2v) is 4.74. The van der Waals surface area contributed by atoms with Crippen LogP contribution in [0, 0.1) is 0 Å². The summed E-state index contributed by atoms with van der Waals surface area (Å²) in [6.07, 6.45) is 1.77. The van der Waals surface area contributed by atoms with Gasteiger partial charge in [0.2, 0.25) is 5.91 Å². The molecule has 0 aromatic heterocycles. The van der Waals surface area contributed by atoms with Crippen molar-refractivity contribution >= 4 is 15.3 Å². The van der Waals surface area contributed by atoms with Crippen molar-refractivity contribution < 1.29 is 4.79 Å². The molecule has 0 saturated carbocycles. The highest BCUT2D eigenvalue weighted by molar-refractivity contribution is 7.13. The molecule has 0 aromatic rings. The van der Waals surface area contributed by atoms with E-state index >= 15 is 0 Å². The molecule has 2 atom stereocenters. The lowest BCUT2D eigenvalue weighted by Gasteiger charge is -2.43. The number of carbonyl (C=O) groups is 1. The highest BCUT2D eigenvalue weighted by Gasteiger charge is 2.44. The Labute approximate surface area is 75.3 Å². The number of amides is 1. The zero-order valence-electron chi connectivity index (χ0n) is 7.42. The molecule has 3 nitrogen and oxygen atoms in total. The maximum atomic E-state index is 11.4. The number of hydrogen-bond acceptors (Lipinski definition) is 2. The maximum Gasteiger partial charge on any atom is 0.223 e. The number of nitrogens with zero attached hydrogens (tertiary/aromatic N) is 2. The molecule has 4 heteroatoms. The quantitative estimate of drug-likeness (QED) is 0.513. The highest BCUT2D eigenvalue weighted by atomic mass is 31.0. The summed E-state index contributed by atoms with van der Waals surface area (Å²) in [6.45, 7) is 5.09. The molecule has 0 N–H and O–H groups in total. The van der Waals surface area contributed by atoms with Gasteiger partial charge in [-0.3, -0.25) is 9.46 Å². The van der Waals surface area contributed by atoms with Crippen LogP contribution in [-0.2, 0) is 4.79 Å². The topological polar surface area (TPSA) is 23.6 Å². The van der Waals surface area contributed by atoms with E-state index < -0.39 is 0 Å². The smallest absolute Gasteiger partial charge is 0.223 e. The molecule has 0 radical (unpaired) electrons. The third-order valence-electron chi connectivity index (χ3n) is 2.98. The van der Waals surface area contributed by atoms with Crippen LogP contribution in [0.25, 0.3) is 0 Å². The number of fused-ring (bicyclic) bond motifs is 1. The van der Waals surface area contributed by atoms with Crippen molar-refractivity contribution in [3.05, 3.63) is 0 Å². The molecule has 2 rings (SSSR count). The van der Waals surface area contributed by atoms with Gasteiger partial charge >= 0.3 is 0 Å². The summed E-state index contributed by atoms with van der Waals surface area (Å²) < 4.78 is 2.23. The molecule has 2 saturated heterocycles. The van der Waals surface area contributed by atoms with Gasteiger partial charge in [0.15, 0.2) is 0 Å². The van der Waals surface area contributed by atoms with Gasteiger partial charge in [-0.1, -0.05) is 9.39 Å². The van der Waals surface area contributed by atoms with Crippen LogP contribution in [-0.4, -0.2) is 40.7 Å². The average Bonchev–Trinajstić information content (AvgIpc) is 2.27. The van der Waals surface area contributed by atoms with Crippen LogP contribution in [0.15, 0.2) is 0 Å². The van der Waals surface area contributed by atoms with E-state index in [1.165, 1.54) is 0 Å². The van der Waals surface area contributed by atoms with Crippen LogP contribution in [0.4, 0.5) is 0 Å². The largest absolute Gasteiger partial charge is 0.335 e. The van der Waals surface area contributed by atoms with Crippen molar-refractivity contribution in [3.8, 4) is 0 Å². The minimum Gasteiger partial charge on any atom is -0.335 e. The predicted molar refractivity (Wildman–Crippen MR) is 50.6 cm³/mol. The molecule has 0 aliphatic carbocycles. The lowest BCUT2D eigenvalue weighted by atomic mass is 9.97. The summed E-state index contributed by atoms with van der Waals surface area (Å²) >= 11 is 0. The van der Waals surface area contributed by atoms with Crippen LogP contribution in [0.3, 0.4) is 0 Å². The fourth-order valence-corrected chi connectivity index (χ4v) is 2.76. The molecule has 68 valence electrons. The van der Waals surface area contributed by atoms with Gasteiger partial charge in [0, 0.05) is 26.1 Å². The van der Waals surface area contributed by atoms with Crippen LogP contribution < -0.4 is 0 Å². The van der Waals surface area contributed by atoms with Crippen molar-refractivity contribution in [1.29, 1.82) is 0 Å². The van der Waals surface area contributed by atoms with Crippen molar-refractivity contribution in [3.63, 3.8) is 0 Å². The number of piperazine rings is 1. The van der Waals surface area contributed by atoms with Crippen molar-refractivity contribution in [1.82, 2.24) is 9.57 Å². The first-order chi connectivity index (χ1) is 5.62. The fraction of sp³-hybridized carbons (Fsp3) is 0.875. The Bertz CT molecular complexity index is 221. The Kier molecular flexibility index (Phi) is 1.89. The Hall–Kier alpha value is -0.140. The number of carbonyl (C=O) groups excluding carboxylic acids is 1. The average molecular weight is 186 g/mol. The molecular weight excluding hydrogens is 171 g/mol. The third-order valence-corrected chi connectivity index (χ3v) is 3.43. The van der Waals surface area contributed by atoms with E-state index in [9.17, 15) is 4.79 Å². The van der Waals surface area contributed by atoms with Gasteiger partial charge in [0.1, 0.15) is 0 Å². The molecule has 0 bridgehead atoms. The van der Waals surface area contributed by atoms with E-state index in [-0.39, 0.29) is 5.54 Å². The van der Waals surface area contributed by atoms with Gasteiger partial charge < -0.3 is 4.90 Å². The molecule has 1 amide bonds. The first kappa shape index (κ1) is 8.46. The zero-order valence-corrected chi connectivity index (χ0v) is 8.57. The molecule has 0 aromatic carbocycles. The van der Waals surface area contributed by atoms with Gasteiger partial charge in [-0.25, -0.2) is 0 Å². The zero-order chi connectivity index (χ0) is 8.77. The Balaban J connectivity index is 2.19. The van der Waals surface area contributed by atoms with E-state index in [0.29, 0.717) is 5.91 Å². The van der Waals surface area contributed by atoms with E-state index in [1.54, 1.807) is 0 Å². The summed E-state index contributed by atoms with van der Waals surface area (Å²) in [4.78, 5) is 13.5. The lowest BCUT2D eigenvalue weighted by Crippen LogP contribution is -2.56. The van der Waals surface area contributed by atoms with Crippen molar-refractivity contribution in [2.45, 2.75) is 25.3 Å². The molecule has 2 aliphatic heterocycles. The second-order valence-electron chi connectivity index (χ2n) is 4.01. The Morgan fingerprint density at radius 3 is 3.00 bits per heavy atom. The van der Waals surface area contributed by atoms with Crippen LogP contribution in [0.2, 0.25) is 0 Å². The third kappa shape index (κ3) is 1.16. The first-order valence-corrected chi connectivity index (χ1v) is 4.94. The van der Waals surface area contributed by atoms with Crippen LogP contribution >= 0.6 is 9.39 Å². The number of rotatable bonds is 0. The molecular formula is C8H15N2OP. The minimum absolute atomic E-state index is 0.122. The summed E-state index contributed by atoms with van der Waals surface area (Å²) in [5.74, 6) is 0.343. The molecule has 2 aliphatic rings.